The van der Waals surface area contributed by atoms with Crippen molar-refractivity contribution in [1.82, 2.24) is 5.32 Å². The molecule has 1 fully saturated rings. The third-order valence-corrected chi connectivity index (χ3v) is 3.49. The van der Waals surface area contributed by atoms with Crippen molar-refractivity contribution >= 4 is 6.08 Å². The second-order valence-corrected chi connectivity index (χ2v) is 4.77. The highest BCUT2D eigenvalue weighted by molar-refractivity contribution is 5.49. The average Bonchev–Trinajstić information content (AvgIpc) is 2.37. The van der Waals surface area contributed by atoms with E-state index in [2.05, 4.69) is 18.3 Å². The van der Waals surface area contributed by atoms with Crippen molar-refractivity contribution in [2.75, 3.05) is 6.54 Å². The molecule has 1 heterocycles. The molecule has 92 valence electrons. The molecule has 1 aromatic rings. The lowest BCUT2D eigenvalue weighted by Gasteiger charge is -2.27. The quantitative estimate of drug-likeness (QED) is 0.841. The van der Waals surface area contributed by atoms with Gasteiger partial charge in [-0.15, -0.1) is 0 Å². The lowest BCUT2D eigenvalue weighted by atomic mass is 9.90. The Hall–Kier alpha value is -1.15. The molecule has 0 bridgehead atoms. The van der Waals surface area contributed by atoms with Gasteiger partial charge in [-0.3, -0.25) is 0 Å². The molecule has 0 aliphatic carbocycles. The molecular weight excluding hydrogens is 213 g/mol. The monoisotopic (exact) mass is 233 g/mol. The maximum absolute atomic E-state index is 13.0. The van der Waals surface area contributed by atoms with E-state index in [1.807, 2.05) is 12.1 Å². The number of halogens is 1. The van der Waals surface area contributed by atoms with E-state index in [1.165, 1.54) is 25.3 Å². The molecule has 1 aliphatic rings. The van der Waals surface area contributed by atoms with Gasteiger partial charge < -0.3 is 5.32 Å². The van der Waals surface area contributed by atoms with Crippen LogP contribution in [0.25, 0.3) is 6.08 Å². The molecule has 0 saturated carbocycles. The Morgan fingerprint density at radius 2 is 2.35 bits per heavy atom. The molecule has 2 atom stereocenters. The van der Waals surface area contributed by atoms with Gasteiger partial charge in [-0.05, 0) is 43.0 Å². The van der Waals surface area contributed by atoms with Crippen LogP contribution in [0, 0.1) is 11.7 Å². The maximum Gasteiger partial charge on any atom is 0.123 e. The Morgan fingerprint density at radius 3 is 3.12 bits per heavy atom. The number of rotatable bonds is 3. The van der Waals surface area contributed by atoms with Crippen LogP contribution in [0.5, 0.6) is 0 Å². The smallest absolute Gasteiger partial charge is 0.123 e. The van der Waals surface area contributed by atoms with Crippen LogP contribution >= 0.6 is 0 Å². The van der Waals surface area contributed by atoms with Gasteiger partial charge in [0.15, 0.2) is 0 Å². The number of piperidine rings is 1. The Balaban J connectivity index is 1.96. The summed E-state index contributed by atoms with van der Waals surface area (Å²) in [5, 5.41) is 3.49. The molecular formula is C15H20FN. The summed E-state index contributed by atoms with van der Waals surface area (Å²) in [6, 6.07) is 7.16. The van der Waals surface area contributed by atoms with Crippen molar-refractivity contribution in [3.63, 3.8) is 0 Å². The summed E-state index contributed by atoms with van der Waals surface area (Å²) >= 11 is 0. The van der Waals surface area contributed by atoms with Gasteiger partial charge in [-0.2, -0.15) is 0 Å². The van der Waals surface area contributed by atoms with Crippen LogP contribution in [-0.4, -0.2) is 12.6 Å². The topological polar surface area (TPSA) is 12.0 Å². The largest absolute Gasteiger partial charge is 0.310 e. The third kappa shape index (κ3) is 3.67. The molecule has 1 nitrogen and oxygen atoms in total. The molecule has 0 radical (unpaired) electrons. The van der Waals surface area contributed by atoms with Crippen LogP contribution in [0.2, 0.25) is 0 Å². The van der Waals surface area contributed by atoms with Crippen LogP contribution in [0.3, 0.4) is 0 Å². The minimum absolute atomic E-state index is 0.171. The number of hydrogen-bond donors (Lipinski definition) is 1. The average molecular weight is 233 g/mol. The number of nitrogens with one attached hydrogen (secondary N) is 1. The highest BCUT2D eigenvalue weighted by Crippen LogP contribution is 2.20. The van der Waals surface area contributed by atoms with Crippen LogP contribution < -0.4 is 5.32 Å². The predicted octanol–water partition coefficient (Wildman–Crippen LogP) is 3.62. The van der Waals surface area contributed by atoms with Crippen molar-refractivity contribution < 1.29 is 4.39 Å². The van der Waals surface area contributed by atoms with E-state index in [9.17, 15) is 4.39 Å². The summed E-state index contributed by atoms with van der Waals surface area (Å²) < 4.78 is 13.0. The summed E-state index contributed by atoms with van der Waals surface area (Å²) in [4.78, 5) is 0. The van der Waals surface area contributed by atoms with E-state index in [0.717, 1.165) is 18.0 Å². The fourth-order valence-electron chi connectivity index (χ4n) is 2.39. The van der Waals surface area contributed by atoms with Gasteiger partial charge in [0.25, 0.3) is 0 Å². The summed E-state index contributed by atoms with van der Waals surface area (Å²) in [5.41, 5.74) is 0.936. The van der Waals surface area contributed by atoms with Crippen LogP contribution in [0.1, 0.15) is 31.7 Å². The molecule has 2 heteroatoms. The fourth-order valence-corrected chi connectivity index (χ4v) is 2.39. The fraction of sp³-hybridized carbons (Fsp3) is 0.467. The van der Waals surface area contributed by atoms with E-state index >= 15 is 0 Å². The molecule has 1 N–H and O–H groups in total. The normalized spacial score (nSPS) is 25.3. The van der Waals surface area contributed by atoms with Gasteiger partial charge in [-0.1, -0.05) is 37.6 Å². The second kappa shape index (κ2) is 5.97. The van der Waals surface area contributed by atoms with Gasteiger partial charge in [0.1, 0.15) is 5.82 Å². The molecule has 0 spiro atoms. The summed E-state index contributed by atoms with van der Waals surface area (Å²) in [7, 11) is 0. The Bertz CT molecular complexity index is 386. The summed E-state index contributed by atoms with van der Waals surface area (Å²) in [6.45, 7) is 3.35. The maximum atomic E-state index is 13.0. The van der Waals surface area contributed by atoms with E-state index in [0.29, 0.717) is 6.04 Å². The summed E-state index contributed by atoms with van der Waals surface area (Å²) in [5.74, 6) is 0.661. The zero-order valence-electron chi connectivity index (χ0n) is 10.3. The molecule has 0 amide bonds. The van der Waals surface area contributed by atoms with Crippen molar-refractivity contribution in [3.05, 3.63) is 41.7 Å². The highest BCUT2D eigenvalue weighted by Gasteiger charge is 2.17. The Morgan fingerprint density at radius 1 is 1.47 bits per heavy atom. The molecule has 0 aromatic heterocycles. The predicted molar refractivity (Wildman–Crippen MR) is 70.2 cm³/mol. The van der Waals surface area contributed by atoms with Crippen molar-refractivity contribution in [3.8, 4) is 0 Å². The van der Waals surface area contributed by atoms with Gasteiger partial charge in [-0.25, -0.2) is 4.39 Å². The molecule has 1 aromatic carbocycles. The minimum atomic E-state index is -0.171. The van der Waals surface area contributed by atoms with E-state index < -0.39 is 0 Å². The van der Waals surface area contributed by atoms with E-state index in [-0.39, 0.29) is 5.82 Å². The second-order valence-electron chi connectivity index (χ2n) is 4.77. The molecule has 17 heavy (non-hydrogen) atoms. The lowest BCUT2D eigenvalue weighted by molar-refractivity contribution is 0.326. The van der Waals surface area contributed by atoms with Gasteiger partial charge >= 0.3 is 0 Å². The van der Waals surface area contributed by atoms with Crippen LogP contribution in [-0.2, 0) is 0 Å². The molecule has 1 aliphatic heterocycles. The first kappa shape index (κ1) is 12.3. The zero-order valence-corrected chi connectivity index (χ0v) is 10.3. The number of benzene rings is 1. The third-order valence-electron chi connectivity index (χ3n) is 3.49. The molecule has 2 unspecified atom stereocenters. The SMILES string of the molecule is CCC1CCNC(/C=C/c2cccc(F)c2)C1. The molecule has 2 rings (SSSR count). The first-order valence-electron chi connectivity index (χ1n) is 6.45. The Labute approximate surface area is 103 Å². The van der Waals surface area contributed by atoms with Crippen LogP contribution in [0.15, 0.2) is 30.3 Å². The first-order chi connectivity index (χ1) is 8.28. The van der Waals surface area contributed by atoms with Gasteiger partial charge in [0.05, 0.1) is 0 Å². The van der Waals surface area contributed by atoms with E-state index in [4.69, 9.17) is 0 Å². The Kier molecular flexibility index (Phi) is 4.32. The van der Waals surface area contributed by atoms with Crippen molar-refractivity contribution in [1.29, 1.82) is 0 Å². The van der Waals surface area contributed by atoms with Gasteiger partial charge in [0, 0.05) is 6.04 Å². The standard InChI is InChI=1S/C15H20FN/c1-2-12-8-9-17-15(11-12)7-6-13-4-3-5-14(16)10-13/h3-7,10,12,15,17H,2,8-9,11H2,1H3/b7-6+. The van der Waals surface area contributed by atoms with Crippen LogP contribution in [0.4, 0.5) is 4.39 Å². The molecule has 1 saturated heterocycles. The highest BCUT2D eigenvalue weighted by atomic mass is 19.1. The minimum Gasteiger partial charge on any atom is -0.310 e. The zero-order chi connectivity index (χ0) is 12.1. The van der Waals surface area contributed by atoms with E-state index in [1.54, 1.807) is 12.1 Å². The van der Waals surface area contributed by atoms with Crippen molar-refractivity contribution in [2.24, 2.45) is 5.92 Å². The first-order valence-corrected chi connectivity index (χ1v) is 6.45. The van der Waals surface area contributed by atoms with Crippen molar-refractivity contribution in [2.45, 2.75) is 32.2 Å². The summed E-state index contributed by atoms with van der Waals surface area (Å²) in [6.07, 6.45) is 7.91. The lowest BCUT2D eigenvalue weighted by Crippen LogP contribution is -2.36. The number of hydrogen-bond acceptors (Lipinski definition) is 1. The van der Waals surface area contributed by atoms with Gasteiger partial charge in [0.2, 0.25) is 0 Å².